The molecule has 4 heteroatoms. The molecule has 0 nitrogen and oxygen atoms in total. The smallest absolute Gasteiger partial charge is 0.0531 e. The zero-order valence-electron chi connectivity index (χ0n) is 12.3. The Balaban J connectivity index is 1.66. The Morgan fingerprint density at radius 1 is 0.545 bits per heavy atom. The van der Waals surface area contributed by atoms with Gasteiger partial charge in [0.2, 0.25) is 0 Å². The Kier molecular flexibility index (Phi) is 4.11. The topological polar surface area (TPSA) is 0 Å². The SMILES string of the molecule is CC(=C1Sc2ccccc2S1)C(C)=C1Sc2ccccc2S1. The quantitative estimate of drug-likeness (QED) is 0.526. The van der Waals surface area contributed by atoms with Gasteiger partial charge in [-0.15, -0.1) is 0 Å². The molecular formula is C18H14S4. The molecule has 110 valence electrons. The number of thioether (sulfide) groups is 4. The second kappa shape index (κ2) is 6.08. The van der Waals surface area contributed by atoms with Crippen LogP contribution in [-0.2, 0) is 0 Å². The van der Waals surface area contributed by atoms with Gasteiger partial charge >= 0.3 is 0 Å². The van der Waals surface area contributed by atoms with Crippen LogP contribution in [0.15, 0.2) is 87.7 Å². The van der Waals surface area contributed by atoms with E-state index >= 15 is 0 Å². The molecule has 0 atom stereocenters. The first-order chi connectivity index (χ1) is 10.7. The molecule has 0 amide bonds. The third-order valence-corrected chi connectivity index (χ3v) is 9.21. The van der Waals surface area contributed by atoms with E-state index in [1.807, 2.05) is 47.0 Å². The molecule has 0 aromatic heterocycles. The number of allylic oxidation sites excluding steroid dienone is 2. The van der Waals surface area contributed by atoms with Crippen molar-refractivity contribution < 1.29 is 0 Å². The van der Waals surface area contributed by atoms with Crippen molar-refractivity contribution in [1.82, 2.24) is 0 Å². The Morgan fingerprint density at radius 2 is 0.818 bits per heavy atom. The third kappa shape index (κ3) is 2.67. The molecule has 2 aromatic carbocycles. The molecule has 4 rings (SSSR count). The predicted molar refractivity (Wildman–Crippen MR) is 102 cm³/mol. The molecule has 0 saturated carbocycles. The van der Waals surface area contributed by atoms with Gasteiger partial charge in [0.1, 0.15) is 0 Å². The highest BCUT2D eigenvalue weighted by Gasteiger charge is 2.23. The Morgan fingerprint density at radius 3 is 1.09 bits per heavy atom. The summed E-state index contributed by atoms with van der Waals surface area (Å²) in [5.74, 6) is 0. The number of benzene rings is 2. The van der Waals surface area contributed by atoms with E-state index in [0.29, 0.717) is 0 Å². The van der Waals surface area contributed by atoms with Gasteiger partial charge in [-0.25, -0.2) is 0 Å². The molecule has 2 aromatic rings. The van der Waals surface area contributed by atoms with E-state index in [2.05, 4.69) is 62.4 Å². The minimum Gasteiger partial charge on any atom is -0.0812 e. The fourth-order valence-electron chi connectivity index (χ4n) is 2.29. The van der Waals surface area contributed by atoms with Crippen LogP contribution in [0.2, 0.25) is 0 Å². The normalized spacial score (nSPS) is 15.7. The molecule has 0 saturated heterocycles. The highest BCUT2D eigenvalue weighted by Crippen LogP contribution is 2.56. The Bertz CT molecular complexity index is 694. The van der Waals surface area contributed by atoms with Crippen molar-refractivity contribution in [3.05, 3.63) is 68.2 Å². The summed E-state index contributed by atoms with van der Waals surface area (Å²) >= 11 is 7.62. The largest absolute Gasteiger partial charge is 0.0812 e. The number of fused-ring (bicyclic) bond motifs is 2. The van der Waals surface area contributed by atoms with E-state index in [9.17, 15) is 0 Å². The van der Waals surface area contributed by atoms with Gasteiger partial charge < -0.3 is 0 Å². The molecule has 22 heavy (non-hydrogen) atoms. The van der Waals surface area contributed by atoms with Crippen molar-refractivity contribution in [2.45, 2.75) is 33.4 Å². The summed E-state index contributed by atoms with van der Waals surface area (Å²) in [6.45, 7) is 4.52. The van der Waals surface area contributed by atoms with Crippen LogP contribution in [0.4, 0.5) is 0 Å². The maximum absolute atomic E-state index is 2.26. The lowest BCUT2D eigenvalue weighted by atomic mass is 10.2. The lowest BCUT2D eigenvalue weighted by Crippen LogP contribution is -1.83. The highest BCUT2D eigenvalue weighted by atomic mass is 32.2. The summed E-state index contributed by atoms with van der Waals surface area (Å²) in [6.07, 6.45) is 0. The Hall–Kier alpha value is -0.680. The van der Waals surface area contributed by atoms with Crippen LogP contribution < -0.4 is 0 Å². The standard InChI is InChI=1S/C18H14S4/c1-11(17-19-13-7-3-4-8-14(13)20-17)12(2)18-21-15-9-5-6-10-16(15)22-18/h3-10H,1-2H3. The van der Waals surface area contributed by atoms with Crippen molar-refractivity contribution in [2.24, 2.45) is 0 Å². The maximum Gasteiger partial charge on any atom is 0.0531 e. The molecule has 2 aliphatic heterocycles. The summed E-state index contributed by atoms with van der Waals surface area (Å²) in [7, 11) is 0. The van der Waals surface area contributed by atoms with E-state index in [4.69, 9.17) is 0 Å². The van der Waals surface area contributed by atoms with Crippen LogP contribution in [0, 0.1) is 0 Å². The molecule has 0 radical (unpaired) electrons. The van der Waals surface area contributed by atoms with Crippen LogP contribution in [-0.4, -0.2) is 0 Å². The van der Waals surface area contributed by atoms with E-state index < -0.39 is 0 Å². The molecule has 0 fully saturated rings. The van der Waals surface area contributed by atoms with Crippen molar-refractivity contribution in [2.75, 3.05) is 0 Å². The van der Waals surface area contributed by atoms with Gasteiger partial charge in [0.05, 0.1) is 8.47 Å². The van der Waals surface area contributed by atoms with Crippen molar-refractivity contribution >= 4 is 47.0 Å². The Labute approximate surface area is 148 Å². The van der Waals surface area contributed by atoms with Crippen LogP contribution >= 0.6 is 47.0 Å². The highest BCUT2D eigenvalue weighted by molar-refractivity contribution is 8.25. The van der Waals surface area contributed by atoms with Gasteiger partial charge in [0.25, 0.3) is 0 Å². The minimum atomic E-state index is 1.38. The average Bonchev–Trinajstić information content (AvgIpc) is 3.16. The van der Waals surface area contributed by atoms with Crippen LogP contribution in [0.5, 0.6) is 0 Å². The summed E-state index contributed by atoms with van der Waals surface area (Å²) < 4.78 is 2.84. The van der Waals surface area contributed by atoms with Crippen molar-refractivity contribution in [1.29, 1.82) is 0 Å². The van der Waals surface area contributed by atoms with Gasteiger partial charge in [-0.3, -0.25) is 0 Å². The summed E-state index contributed by atoms with van der Waals surface area (Å²) in [4.78, 5) is 5.54. The first kappa shape index (κ1) is 14.9. The second-order valence-electron chi connectivity index (χ2n) is 5.13. The predicted octanol–water partition coefficient (Wildman–Crippen LogP) is 7.25. The average molecular weight is 359 g/mol. The minimum absolute atomic E-state index is 1.38. The molecule has 2 heterocycles. The summed E-state index contributed by atoms with van der Waals surface area (Å²) in [5, 5.41) is 0. The lowest BCUT2D eigenvalue weighted by molar-refractivity contribution is 1.27. The number of rotatable bonds is 1. The first-order valence-corrected chi connectivity index (χ1v) is 10.3. The molecule has 0 spiro atoms. The monoisotopic (exact) mass is 358 g/mol. The number of hydrogen-bond donors (Lipinski definition) is 0. The van der Waals surface area contributed by atoms with Gasteiger partial charge in [-0.2, -0.15) is 0 Å². The van der Waals surface area contributed by atoms with Gasteiger partial charge in [-0.1, -0.05) is 71.3 Å². The first-order valence-electron chi connectivity index (χ1n) is 7.04. The molecule has 0 unspecified atom stereocenters. The zero-order valence-corrected chi connectivity index (χ0v) is 15.5. The molecule has 2 aliphatic rings. The second-order valence-corrected chi connectivity index (χ2v) is 9.85. The van der Waals surface area contributed by atoms with Crippen LogP contribution in [0.3, 0.4) is 0 Å². The van der Waals surface area contributed by atoms with Gasteiger partial charge in [0.15, 0.2) is 0 Å². The van der Waals surface area contributed by atoms with Gasteiger partial charge in [0, 0.05) is 19.6 Å². The van der Waals surface area contributed by atoms with E-state index in [1.165, 1.54) is 39.2 Å². The maximum atomic E-state index is 2.26. The fourth-order valence-corrected chi connectivity index (χ4v) is 7.49. The lowest BCUT2D eigenvalue weighted by Gasteiger charge is -2.08. The molecule has 0 N–H and O–H groups in total. The summed E-state index contributed by atoms with van der Waals surface area (Å²) in [5.41, 5.74) is 2.82. The van der Waals surface area contributed by atoms with E-state index in [1.54, 1.807) is 0 Å². The fraction of sp³-hybridized carbons (Fsp3) is 0.111. The molecule has 0 aliphatic carbocycles. The van der Waals surface area contributed by atoms with Gasteiger partial charge in [-0.05, 0) is 49.3 Å². The van der Waals surface area contributed by atoms with E-state index in [0.717, 1.165) is 0 Å². The summed E-state index contributed by atoms with van der Waals surface area (Å²) in [6, 6.07) is 17.3. The van der Waals surface area contributed by atoms with Crippen LogP contribution in [0.1, 0.15) is 13.8 Å². The molecular weight excluding hydrogens is 344 g/mol. The molecule has 0 bridgehead atoms. The van der Waals surface area contributed by atoms with Crippen molar-refractivity contribution in [3.63, 3.8) is 0 Å². The zero-order chi connectivity index (χ0) is 15.1. The van der Waals surface area contributed by atoms with E-state index in [-0.39, 0.29) is 0 Å². The number of hydrogen-bond acceptors (Lipinski definition) is 4. The third-order valence-electron chi connectivity index (χ3n) is 3.68. The van der Waals surface area contributed by atoms with Crippen LogP contribution in [0.25, 0.3) is 0 Å². The van der Waals surface area contributed by atoms with Crippen molar-refractivity contribution in [3.8, 4) is 0 Å².